The number of carbonyl (C=O) groups is 2. The Morgan fingerprint density at radius 2 is 1.24 bits per heavy atom. The number of alkyl halides is 17. The second-order valence-electron chi connectivity index (χ2n) is 8.49. The summed E-state index contributed by atoms with van der Waals surface area (Å²) >= 11 is 0.924. The molecule has 0 spiro atoms. The van der Waals surface area contributed by atoms with Gasteiger partial charge in [-0.2, -0.15) is 70.2 Å². The highest BCUT2D eigenvalue weighted by Gasteiger charge is 2.85. The molecule has 0 heterocycles. The summed E-state index contributed by atoms with van der Waals surface area (Å²) < 4.78 is 217. The zero-order chi connectivity index (χ0) is 35.9. The lowest BCUT2D eigenvalue weighted by Gasteiger charge is -2.40. The molecular formula is C22H11BrF16N2O5. The molecule has 24 heteroatoms. The zero-order valence-corrected chi connectivity index (χ0v) is 22.7. The van der Waals surface area contributed by atoms with Crippen molar-refractivity contribution in [2.24, 2.45) is 0 Å². The van der Waals surface area contributed by atoms with Crippen LogP contribution >= 0.6 is 15.9 Å². The first kappa shape index (κ1) is 38.6. The maximum atomic E-state index is 14.7. The third-order valence-corrected chi connectivity index (χ3v) is 5.76. The highest BCUT2D eigenvalue weighted by Crippen LogP contribution is 2.57. The number of hydrogen-bond acceptors (Lipinski definition) is 6. The molecule has 1 amide bonds. The summed E-state index contributed by atoms with van der Waals surface area (Å²) in [5.41, 5.74) is 3.90. The van der Waals surface area contributed by atoms with E-state index in [0.717, 1.165) is 22.0 Å². The maximum absolute atomic E-state index is 14.7. The topological polar surface area (TPSA) is 99.9 Å². The van der Waals surface area contributed by atoms with E-state index in [1.54, 1.807) is 0 Å². The van der Waals surface area contributed by atoms with Crippen molar-refractivity contribution >= 4 is 39.5 Å². The van der Waals surface area contributed by atoms with Crippen LogP contribution in [0.25, 0.3) is 0 Å². The monoisotopic (exact) mass is 766 g/mol. The molecule has 0 radical (unpaired) electrons. The molecule has 7 nitrogen and oxygen atoms in total. The fourth-order valence-electron chi connectivity index (χ4n) is 2.80. The molecule has 2 aromatic carbocycles. The smallest absolute Gasteiger partial charge is 0.427 e. The normalized spacial score (nSPS) is 16.3. The number of halogens is 17. The summed E-state index contributed by atoms with van der Waals surface area (Å²) in [6, 6.07) is 6.49. The van der Waals surface area contributed by atoms with Crippen molar-refractivity contribution in [3.05, 3.63) is 53.6 Å². The highest BCUT2D eigenvalue weighted by atomic mass is 79.9. The van der Waals surface area contributed by atoms with Crippen LogP contribution in [0.1, 0.15) is 20.7 Å². The second-order valence-corrected chi connectivity index (χ2v) is 9.51. The van der Waals surface area contributed by atoms with Crippen molar-refractivity contribution in [3.8, 4) is 5.75 Å². The Hall–Kier alpha value is -3.54. The molecule has 2 atom stereocenters. The number of hydrogen-bond donors (Lipinski definition) is 2. The van der Waals surface area contributed by atoms with Crippen LogP contribution in [-0.2, 0) is 9.47 Å². The fourth-order valence-corrected chi connectivity index (χ4v) is 3.09. The van der Waals surface area contributed by atoms with E-state index in [4.69, 9.17) is 5.73 Å². The van der Waals surface area contributed by atoms with Gasteiger partial charge in [-0.1, -0.05) is 0 Å². The zero-order valence-electron chi connectivity index (χ0n) is 21.2. The molecule has 0 aromatic heterocycles. The van der Waals surface area contributed by atoms with Gasteiger partial charge in [0.2, 0.25) is 0 Å². The van der Waals surface area contributed by atoms with Gasteiger partial charge >= 0.3 is 47.2 Å². The van der Waals surface area contributed by atoms with Gasteiger partial charge in [0, 0.05) is 16.9 Å². The number of aldehydes is 1. The first-order valence-corrected chi connectivity index (χ1v) is 11.8. The predicted octanol–water partition coefficient (Wildman–Crippen LogP) is 7.97. The number of anilines is 2. The maximum Gasteiger partial charge on any atom is 0.471 e. The minimum Gasteiger partial charge on any atom is -0.427 e. The largest absolute Gasteiger partial charge is 0.471 e. The fraction of sp³-hybridized carbons (Fsp3) is 0.364. The van der Waals surface area contributed by atoms with Crippen molar-refractivity contribution in [2.75, 3.05) is 11.1 Å². The van der Waals surface area contributed by atoms with Crippen molar-refractivity contribution in [3.63, 3.8) is 0 Å². The minimum absolute atomic E-state index is 0.0190. The summed E-state index contributed by atoms with van der Waals surface area (Å²) in [6.07, 6.45) is -37.6. The Balaban J connectivity index is 2.47. The number of nitrogen functional groups attached to an aromatic ring is 1. The minimum atomic E-state index is -7.92. The Morgan fingerprint density at radius 1 is 0.717 bits per heavy atom. The number of carbonyl (C=O) groups excluding carboxylic acids is 2. The van der Waals surface area contributed by atoms with E-state index in [2.05, 4.69) is 14.8 Å². The lowest BCUT2D eigenvalue weighted by Crippen LogP contribution is -2.67. The van der Waals surface area contributed by atoms with Crippen LogP contribution in [0.3, 0.4) is 0 Å². The number of rotatable bonds is 12. The number of ether oxygens (including phenoxy) is 3. The summed E-state index contributed by atoms with van der Waals surface area (Å²) in [4.78, 5) is 23.6. The van der Waals surface area contributed by atoms with Gasteiger partial charge in [-0.25, -0.2) is 0 Å². The van der Waals surface area contributed by atoms with Crippen molar-refractivity contribution in [1.82, 2.24) is 0 Å². The molecule has 46 heavy (non-hydrogen) atoms. The second kappa shape index (κ2) is 12.2. The standard InChI is InChI=1S/C22H11BrF16N2O5/c23-17(27,46-21(36,37)16(26,19(31,32)33)45-20(34,35)15(24,25)18(28,29)30)22(38,39)44-13-7-9(1-2-10(13)8-42)14(43)41-12-5-3-11(40)4-6-12/h1-8H,40H2,(H,41,43). The summed E-state index contributed by atoms with van der Waals surface area (Å²) in [5, 5.41) is 2.16. The van der Waals surface area contributed by atoms with Crippen molar-refractivity contribution < 1.29 is 94.0 Å². The van der Waals surface area contributed by atoms with Gasteiger partial charge in [-0.15, -0.1) is 0 Å². The molecule has 2 rings (SSSR count). The lowest BCUT2D eigenvalue weighted by molar-refractivity contribution is -0.545. The van der Waals surface area contributed by atoms with Crippen molar-refractivity contribution in [1.29, 1.82) is 0 Å². The van der Waals surface area contributed by atoms with E-state index in [-0.39, 0.29) is 23.7 Å². The van der Waals surface area contributed by atoms with Crippen LogP contribution in [0.5, 0.6) is 5.75 Å². The first-order valence-electron chi connectivity index (χ1n) is 11.0. The van der Waals surface area contributed by atoms with Gasteiger partial charge in [-0.05, 0) is 58.4 Å². The Morgan fingerprint density at radius 3 is 1.70 bits per heavy atom. The van der Waals surface area contributed by atoms with E-state index in [1.165, 1.54) is 29.0 Å². The Bertz CT molecular complexity index is 1430. The van der Waals surface area contributed by atoms with Crippen LogP contribution in [0.4, 0.5) is 81.6 Å². The Kier molecular flexibility index (Phi) is 10.3. The molecule has 0 fully saturated rings. The van der Waals surface area contributed by atoms with Gasteiger partial charge < -0.3 is 15.8 Å². The molecule has 0 bridgehead atoms. The molecule has 2 aromatic rings. The quantitative estimate of drug-likeness (QED) is 0.0985. The number of nitrogens with two attached hydrogens (primary N) is 1. The molecule has 3 N–H and O–H groups in total. The molecule has 0 saturated carbocycles. The van der Waals surface area contributed by atoms with Crippen LogP contribution in [0.2, 0.25) is 0 Å². The van der Waals surface area contributed by atoms with E-state index in [9.17, 15) is 79.8 Å². The van der Waals surface area contributed by atoms with Gasteiger partial charge in [0.15, 0.2) is 6.29 Å². The van der Waals surface area contributed by atoms with Gasteiger partial charge in [0.1, 0.15) is 5.75 Å². The molecule has 0 aliphatic rings. The molecular weight excluding hydrogens is 756 g/mol. The number of amides is 1. The van der Waals surface area contributed by atoms with E-state index in [0.29, 0.717) is 6.07 Å². The highest BCUT2D eigenvalue weighted by molar-refractivity contribution is 9.10. The third-order valence-electron chi connectivity index (χ3n) is 5.13. The summed E-state index contributed by atoms with van der Waals surface area (Å²) in [7, 11) is 0. The van der Waals surface area contributed by atoms with E-state index >= 15 is 0 Å². The average molecular weight is 767 g/mol. The predicted molar refractivity (Wildman–Crippen MR) is 122 cm³/mol. The SMILES string of the molecule is Nc1ccc(NC(=O)c2ccc(C=O)c(OC(F)(F)C(F)(Br)OC(F)(F)C(F)(OC(F)(F)C(F)(F)C(F)(F)F)C(F)(F)F)c2)cc1. The van der Waals surface area contributed by atoms with Gasteiger partial charge in [0.05, 0.1) is 5.56 Å². The van der Waals surface area contributed by atoms with Crippen molar-refractivity contribution in [2.45, 2.75) is 47.2 Å². The Labute approximate surface area is 251 Å². The van der Waals surface area contributed by atoms with Gasteiger partial charge in [-0.3, -0.25) is 19.1 Å². The molecule has 0 aliphatic carbocycles. The molecule has 0 saturated heterocycles. The van der Waals surface area contributed by atoms with Crippen LogP contribution in [0.15, 0.2) is 42.5 Å². The lowest BCUT2D eigenvalue weighted by atomic mass is 10.1. The average Bonchev–Trinajstić information content (AvgIpc) is 2.87. The summed E-state index contributed by atoms with van der Waals surface area (Å²) in [6.45, 7) is 0. The van der Waals surface area contributed by atoms with E-state index < -0.39 is 70.0 Å². The summed E-state index contributed by atoms with van der Waals surface area (Å²) in [5.74, 6) is -18.6. The molecule has 2 unspecified atom stereocenters. The third kappa shape index (κ3) is 7.53. The van der Waals surface area contributed by atoms with E-state index in [1.807, 2.05) is 0 Å². The molecule has 258 valence electrons. The van der Waals surface area contributed by atoms with Crippen LogP contribution < -0.4 is 15.8 Å². The first-order chi connectivity index (χ1) is 20.4. The number of benzene rings is 2. The van der Waals surface area contributed by atoms with Gasteiger partial charge in [0.25, 0.3) is 5.91 Å². The van der Waals surface area contributed by atoms with Crippen LogP contribution in [-0.4, -0.2) is 59.4 Å². The number of nitrogens with one attached hydrogen (secondary N) is 1. The molecule has 0 aliphatic heterocycles. The van der Waals surface area contributed by atoms with Crippen LogP contribution in [0, 0.1) is 0 Å².